The van der Waals surface area contributed by atoms with Crippen molar-refractivity contribution in [3.8, 4) is 11.5 Å². The Morgan fingerprint density at radius 1 is 0.981 bits per heavy atom. The summed E-state index contributed by atoms with van der Waals surface area (Å²) in [5, 5.41) is 23.6. The largest absolute Gasteiger partial charge is 0.507 e. The van der Waals surface area contributed by atoms with Crippen molar-refractivity contribution in [2.24, 2.45) is 23.7 Å². The molecule has 1 amide bonds. The molecule has 1 saturated heterocycles. The molecule has 1 fully saturated rings. The van der Waals surface area contributed by atoms with E-state index in [1.54, 1.807) is 26.0 Å². The minimum atomic E-state index is -2.28. The second-order valence-electron chi connectivity index (χ2n) is 14.4. The van der Waals surface area contributed by atoms with E-state index >= 15 is 0 Å². The lowest BCUT2D eigenvalue weighted by Gasteiger charge is -2.49. The zero-order valence-corrected chi connectivity index (χ0v) is 31.1. The molecule has 52 heavy (non-hydrogen) atoms. The topological polar surface area (TPSA) is 192 Å². The van der Waals surface area contributed by atoms with Crippen LogP contribution in [0.5, 0.6) is 11.5 Å². The van der Waals surface area contributed by atoms with Gasteiger partial charge < -0.3 is 34.5 Å². The number of aldehydes is 1. The van der Waals surface area contributed by atoms with Crippen LogP contribution in [0.3, 0.4) is 0 Å². The Hall–Kier alpha value is -4.72. The number of benzene rings is 1. The number of carbonyl (C=O) groups is 6. The smallest absolute Gasteiger partial charge is 0.302 e. The van der Waals surface area contributed by atoms with E-state index in [2.05, 4.69) is 5.32 Å². The zero-order valence-electron chi connectivity index (χ0n) is 31.1. The van der Waals surface area contributed by atoms with Gasteiger partial charge in [0, 0.05) is 54.7 Å². The number of allylic oxidation sites excluding steroid dienone is 5. The van der Waals surface area contributed by atoms with Crippen molar-refractivity contribution < 1.29 is 57.9 Å². The van der Waals surface area contributed by atoms with Gasteiger partial charge in [-0.15, -0.1) is 0 Å². The Balaban J connectivity index is 1.50. The van der Waals surface area contributed by atoms with Gasteiger partial charge in [-0.05, 0) is 33.8 Å². The van der Waals surface area contributed by atoms with Crippen LogP contribution in [0, 0.1) is 30.6 Å². The molecule has 0 radical (unpaired) electrons. The molecule has 1 aliphatic carbocycles. The third-order valence-electron chi connectivity index (χ3n) is 9.71. The normalized spacial score (nSPS) is 26.6. The second kappa shape index (κ2) is 15.1. The minimum absolute atomic E-state index is 0.0126. The molecule has 13 heteroatoms. The average molecular weight is 722 g/mol. The predicted octanol–water partition coefficient (Wildman–Crippen LogP) is 4.62. The molecule has 3 N–H and O–H groups in total. The number of aliphatic hydroxyl groups is 1. The highest BCUT2D eigenvalue weighted by Gasteiger charge is 2.50. The molecular formula is C39H47NO12. The SMILES string of the molecule is CC(=O)OC(C(C)/C=C/C=O)C(C)C1OC(C)(C)OC(C(C)/C=C/C=C(/C)C(=O)NC2=CC(=O)c3c(c(O)c(C)c4c3C(=O)C(C)(O)O4)C2=O)C1C. The van der Waals surface area contributed by atoms with Crippen LogP contribution in [0.25, 0.3) is 0 Å². The summed E-state index contributed by atoms with van der Waals surface area (Å²) < 4.78 is 23.7. The first-order valence-corrected chi connectivity index (χ1v) is 17.1. The van der Waals surface area contributed by atoms with Crippen molar-refractivity contribution in [2.75, 3.05) is 0 Å². The van der Waals surface area contributed by atoms with Crippen molar-refractivity contribution in [3.63, 3.8) is 0 Å². The molecule has 1 aromatic rings. The molecule has 13 nitrogen and oxygen atoms in total. The zero-order chi connectivity index (χ0) is 39.0. The number of carbonyl (C=O) groups excluding carboxylic acids is 6. The van der Waals surface area contributed by atoms with Crippen molar-refractivity contribution in [1.29, 1.82) is 0 Å². The highest BCUT2D eigenvalue weighted by Crippen LogP contribution is 2.47. The number of hydrogen-bond acceptors (Lipinski definition) is 12. The van der Waals surface area contributed by atoms with Crippen LogP contribution >= 0.6 is 0 Å². The number of fused-ring (bicyclic) bond motifs is 3. The first kappa shape index (κ1) is 40.1. The number of esters is 1. The fourth-order valence-corrected chi connectivity index (χ4v) is 7.07. The van der Waals surface area contributed by atoms with Gasteiger partial charge in [0.05, 0.1) is 34.6 Å². The lowest BCUT2D eigenvalue weighted by atomic mass is 9.78. The van der Waals surface area contributed by atoms with Gasteiger partial charge in [-0.1, -0.05) is 52.0 Å². The van der Waals surface area contributed by atoms with E-state index < -0.39 is 69.5 Å². The molecule has 2 aliphatic heterocycles. The van der Waals surface area contributed by atoms with Gasteiger partial charge in [0.2, 0.25) is 11.6 Å². The lowest BCUT2D eigenvalue weighted by Crippen LogP contribution is -2.56. The van der Waals surface area contributed by atoms with Crippen LogP contribution in [0.1, 0.15) is 99.0 Å². The van der Waals surface area contributed by atoms with Crippen molar-refractivity contribution in [1.82, 2.24) is 5.32 Å². The highest BCUT2D eigenvalue weighted by atomic mass is 16.7. The second-order valence-corrected chi connectivity index (χ2v) is 14.4. The number of amides is 1. The highest BCUT2D eigenvalue weighted by molar-refractivity contribution is 6.30. The first-order chi connectivity index (χ1) is 24.1. The van der Waals surface area contributed by atoms with Crippen molar-refractivity contribution >= 4 is 35.5 Å². The number of rotatable bonds is 11. The Labute approximate surface area is 302 Å². The Bertz CT molecular complexity index is 1810. The molecule has 0 aromatic heterocycles. The number of phenolic OH excluding ortho intramolecular Hbond substituents is 1. The number of ketones is 3. The number of ether oxygens (including phenoxy) is 4. The number of hydrogen-bond donors (Lipinski definition) is 3. The van der Waals surface area contributed by atoms with E-state index in [-0.39, 0.29) is 58.3 Å². The van der Waals surface area contributed by atoms with Crippen LogP contribution in [0.2, 0.25) is 0 Å². The molecular weight excluding hydrogens is 674 g/mol. The average Bonchev–Trinajstić information content (AvgIpc) is 3.30. The summed E-state index contributed by atoms with van der Waals surface area (Å²) in [7, 11) is 0. The molecule has 1 aromatic carbocycles. The maximum Gasteiger partial charge on any atom is 0.302 e. The van der Waals surface area contributed by atoms with E-state index in [0.717, 1.165) is 13.0 Å². The number of nitrogens with one attached hydrogen (secondary N) is 1. The first-order valence-electron chi connectivity index (χ1n) is 17.1. The standard InChI is InChI=1S/C39H47NO12/c1-18(15-12-16-41)32(49-24(7)42)22(5)34-23(6)33(50-38(8,9)51-34)19(2)13-11-14-20(3)37(47)40-25-17-26(43)27-28(31(25)45)30(44)21(4)35-29(27)36(46)39(10,48)52-35/h11-19,22-23,32-34,44,48H,1-10H3,(H,40,47)/b13-11+,15-12+,20-14-. The van der Waals surface area contributed by atoms with Crippen LogP contribution in [0.4, 0.5) is 0 Å². The van der Waals surface area contributed by atoms with Gasteiger partial charge in [0.15, 0.2) is 11.6 Å². The predicted molar refractivity (Wildman–Crippen MR) is 187 cm³/mol. The Kier molecular flexibility index (Phi) is 11.6. The molecule has 3 aliphatic rings. The molecule has 8 unspecified atom stereocenters. The Morgan fingerprint density at radius 3 is 2.23 bits per heavy atom. The summed E-state index contributed by atoms with van der Waals surface area (Å²) in [5.74, 6) is -8.71. The van der Waals surface area contributed by atoms with E-state index in [1.807, 2.05) is 33.8 Å². The third-order valence-corrected chi connectivity index (χ3v) is 9.71. The van der Waals surface area contributed by atoms with E-state index in [9.17, 15) is 39.0 Å². The lowest BCUT2D eigenvalue weighted by molar-refractivity contribution is -0.336. The molecule has 0 spiro atoms. The van der Waals surface area contributed by atoms with Gasteiger partial charge in [-0.3, -0.25) is 28.8 Å². The van der Waals surface area contributed by atoms with Gasteiger partial charge in [-0.2, -0.15) is 0 Å². The molecule has 0 bridgehead atoms. The van der Waals surface area contributed by atoms with Gasteiger partial charge >= 0.3 is 5.97 Å². The van der Waals surface area contributed by atoms with E-state index in [4.69, 9.17) is 18.9 Å². The van der Waals surface area contributed by atoms with Crippen molar-refractivity contribution in [2.45, 2.75) is 99.1 Å². The summed E-state index contributed by atoms with van der Waals surface area (Å²) in [6, 6.07) is 0. The summed E-state index contributed by atoms with van der Waals surface area (Å²) in [6.45, 7) is 16.7. The van der Waals surface area contributed by atoms with Crippen LogP contribution in [-0.4, -0.2) is 75.6 Å². The van der Waals surface area contributed by atoms with Crippen LogP contribution < -0.4 is 10.1 Å². The monoisotopic (exact) mass is 721 g/mol. The number of aromatic hydroxyl groups is 1. The van der Waals surface area contributed by atoms with Gasteiger partial charge in [-0.25, -0.2) is 0 Å². The summed E-state index contributed by atoms with van der Waals surface area (Å²) in [4.78, 5) is 75.6. The molecule has 2 heterocycles. The number of Topliss-reactive ketones (excluding diaryl/α,β-unsaturated/α-hetero) is 2. The fraction of sp³-hybridized carbons (Fsp3) is 0.487. The van der Waals surface area contributed by atoms with Gasteiger partial charge in [0.1, 0.15) is 23.9 Å². The van der Waals surface area contributed by atoms with Crippen molar-refractivity contribution in [3.05, 3.63) is 70.0 Å². The quantitative estimate of drug-likeness (QED) is 0.125. The maximum absolute atomic E-state index is 13.5. The number of phenols is 1. The van der Waals surface area contributed by atoms with E-state index in [1.165, 1.54) is 32.9 Å². The van der Waals surface area contributed by atoms with Gasteiger partial charge in [0.25, 0.3) is 11.7 Å². The molecule has 0 saturated carbocycles. The van der Waals surface area contributed by atoms with E-state index in [0.29, 0.717) is 6.29 Å². The van der Waals surface area contributed by atoms with Crippen LogP contribution in [0.15, 0.2) is 47.7 Å². The fourth-order valence-electron chi connectivity index (χ4n) is 7.07. The minimum Gasteiger partial charge on any atom is -0.507 e. The molecule has 4 rings (SSSR count). The Morgan fingerprint density at radius 2 is 1.62 bits per heavy atom. The molecule has 8 atom stereocenters. The summed E-state index contributed by atoms with van der Waals surface area (Å²) in [6.07, 6.45) is 8.39. The molecule has 280 valence electrons. The van der Waals surface area contributed by atoms with Crippen LogP contribution in [-0.2, 0) is 28.6 Å². The summed E-state index contributed by atoms with van der Waals surface area (Å²) >= 11 is 0. The summed E-state index contributed by atoms with van der Waals surface area (Å²) in [5.41, 5.74) is -1.38. The maximum atomic E-state index is 13.5. The third kappa shape index (κ3) is 7.86.